The average molecular weight is 292 g/mol. The largest absolute Gasteiger partial charge is 0.304 e. The monoisotopic (exact) mass is 292 g/mol. The number of fused-ring (bicyclic) bond motifs is 4. The molecule has 0 spiro atoms. The normalized spacial score (nSPS) is 28.2. The lowest BCUT2D eigenvalue weighted by molar-refractivity contribution is 0.125. The molecule has 2 bridgehead atoms. The maximum absolute atomic E-state index is 2.75. The standard InChI is InChI=1S/C17H28N2S/c1-13(2)8-16-6-7-17(20-16)12-19-10-14-4-5-15(19)11-18(3)9-14/h6-7,13-15H,4-5,8-12H2,1-3H3/t14-,15+/m0/s1. The van der Waals surface area contributed by atoms with Gasteiger partial charge in [0.05, 0.1) is 0 Å². The van der Waals surface area contributed by atoms with Crippen LogP contribution in [0.2, 0.25) is 0 Å². The Labute approximate surface area is 127 Å². The minimum Gasteiger partial charge on any atom is -0.304 e. The summed E-state index contributed by atoms with van der Waals surface area (Å²) in [4.78, 5) is 8.42. The minimum absolute atomic E-state index is 0.768. The highest BCUT2D eigenvalue weighted by atomic mass is 32.1. The molecule has 0 radical (unpaired) electrons. The number of likely N-dealkylation sites (N-methyl/N-ethyl adjacent to an activating group) is 1. The van der Waals surface area contributed by atoms with Gasteiger partial charge in [-0.3, -0.25) is 4.90 Å². The van der Waals surface area contributed by atoms with E-state index in [2.05, 4.69) is 42.8 Å². The molecule has 112 valence electrons. The topological polar surface area (TPSA) is 6.48 Å². The van der Waals surface area contributed by atoms with Crippen LogP contribution < -0.4 is 0 Å². The Balaban J connectivity index is 1.64. The van der Waals surface area contributed by atoms with Gasteiger partial charge in [0.1, 0.15) is 0 Å². The van der Waals surface area contributed by atoms with E-state index in [1.807, 2.05) is 11.3 Å². The SMILES string of the molecule is CC(C)Cc1ccc(CN2C[C@H]3CC[C@@H]2CN(C)C3)s1. The molecule has 0 amide bonds. The highest BCUT2D eigenvalue weighted by Crippen LogP contribution is 2.30. The van der Waals surface area contributed by atoms with E-state index < -0.39 is 0 Å². The van der Waals surface area contributed by atoms with Crippen LogP contribution in [0.15, 0.2) is 12.1 Å². The van der Waals surface area contributed by atoms with Gasteiger partial charge in [0.25, 0.3) is 0 Å². The van der Waals surface area contributed by atoms with E-state index in [4.69, 9.17) is 0 Å². The summed E-state index contributed by atoms with van der Waals surface area (Å²) in [6, 6.07) is 5.50. The number of nitrogens with zero attached hydrogens (tertiary/aromatic N) is 2. The molecule has 3 aliphatic rings. The third-order valence-corrected chi connectivity index (χ3v) is 5.79. The molecule has 2 nitrogen and oxygen atoms in total. The Hall–Kier alpha value is -0.380. The summed E-state index contributed by atoms with van der Waals surface area (Å²) in [6.07, 6.45) is 4.08. The van der Waals surface area contributed by atoms with Crippen molar-refractivity contribution in [2.45, 2.75) is 45.7 Å². The fourth-order valence-electron chi connectivity index (χ4n) is 3.83. The molecule has 1 aromatic heterocycles. The van der Waals surface area contributed by atoms with Gasteiger partial charge >= 0.3 is 0 Å². The first-order valence-corrected chi connectivity index (χ1v) is 8.92. The van der Waals surface area contributed by atoms with Crippen molar-refractivity contribution in [3.63, 3.8) is 0 Å². The maximum Gasteiger partial charge on any atom is 0.0331 e. The molecule has 0 unspecified atom stereocenters. The summed E-state index contributed by atoms with van der Waals surface area (Å²) in [5.41, 5.74) is 0. The van der Waals surface area contributed by atoms with Crippen molar-refractivity contribution >= 4 is 11.3 Å². The van der Waals surface area contributed by atoms with Crippen LogP contribution in [0.25, 0.3) is 0 Å². The number of hydrogen-bond acceptors (Lipinski definition) is 3. The molecule has 0 aliphatic carbocycles. The van der Waals surface area contributed by atoms with Gasteiger partial charge in [-0.15, -0.1) is 11.3 Å². The minimum atomic E-state index is 0.768. The number of thiophene rings is 1. The molecule has 0 N–H and O–H groups in total. The van der Waals surface area contributed by atoms with Gasteiger partial charge in [0.2, 0.25) is 0 Å². The molecule has 4 heterocycles. The number of piperidine rings is 1. The Morgan fingerprint density at radius 2 is 1.95 bits per heavy atom. The third kappa shape index (κ3) is 3.44. The maximum atomic E-state index is 2.75. The van der Waals surface area contributed by atoms with Crippen molar-refractivity contribution in [1.82, 2.24) is 9.80 Å². The Morgan fingerprint density at radius 1 is 1.15 bits per heavy atom. The highest BCUT2D eigenvalue weighted by Gasteiger charge is 2.33. The van der Waals surface area contributed by atoms with E-state index in [1.165, 1.54) is 45.4 Å². The first-order chi connectivity index (χ1) is 9.60. The summed E-state index contributed by atoms with van der Waals surface area (Å²) in [7, 11) is 2.29. The van der Waals surface area contributed by atoms with Crippen LogP contribution >= 0.6 is 11.3 Å². The molecule has 1 aromatic rings. The van der Waals surface area contributed by atoms with E-state index in [-0.39, 0.29) is 0 Å². The molecular formula is C17H28N2S. The predicted molar refractivity (Wildman–Crippen MR) is 87.3 cm³/mol. The molecule has 0 aromatic carbocycles. The van der Waals surface area contributed by atoms with Crippen LogP contribution in [0.4, 0.5) is 0 Å². The van der Waals surface area contributed by atoms with Crippen molar-refractivity contribution in [1.29, 1.82) is 0 Å². The fourth-order valence-corrected chi connectivity index (χ4v) is 5.08. The number of rotatable bonds is 4. The lowest BCUT2D eigenvalue weighted by Crippen LogP contribution is -2.42. The van der Waals surface area contributed by atoms with E-state index in [1.54, 1.807) is 9.75 Å². The summed E-state index contributed by atoms with van der Waals surface area (Å²) < 4.78 is 0. The second kappa shape index (κ2) is 6.17. The van der Waals surface area contributed by atoms with E-state index in [9.17, 15) is 0 Å². The predicted octanol–water partition coefficient (Wildman–Crippen LogP) is 3.47. The molecule has 20 heavy (non-hydrogen) atoms. The van der Waals surface area contributed by atoms with Crippen LogP contribution in [0.5, 0.6) is 0 Å². The summed E-state index contributed by atoms with van der Waals surface area (Å²) >= 11 is 2.03. The summed E-state index contributed by atoms with van der Waals surface area (Å²) in [5, 5.41) is 0. The van der Waals surface area contributed by atoms with E-state index >= 15 is 0 Å². The van der Waals surface area contributed by atoms with Gasteiger partial charge in [-0.1, -0.05) is 13.8 Å². The van der Waals surface area contributed by atoms with Crippen LogP contribution in [0, 0.1) is 11.8 Å². The van der Waals surface area contributed by atoms with Crippen LogP contribution in [-0.2, 0) is 13.0 Å². The Kier molecular flexibility index (Phi) is 4.49. The Bertz CT molecular complexity index is 440. The second-order valence-electron chi connectivity index (χ2n) is 7.21. The van der Waals surface area contributed by atoms with Crippen molar-refractivity contribution < 1.29 is 0 Å². The lowest BCUT2D eigenvalue weighted by atomic mass is 9.95. The van der Waals surface area contributed by atoms with Crippen LogP contribution in [-0.4, -0.2) is 42.5 Å². The molecule has 3 heteroatoms. The van der Waals surface area contributed by atoms with Gasteiger partial charge in [-0.05, 0) is 50.3 Å². The smallest absolute Gasteiger partial charge is 0.0331 e. The molecule has 3 saturated heterocycles. The van der Waals surface area contributed by atoms with Gasteiger partial charge in [0.15, 0.2) is 0 Å². The first-order valence-electron chi connectivity index (χ1n) is 8.10. The fraction of sp³-hybridized carbons (Fsp3) is 0.765. The zero-order valence-electron chi connectivity index (χ0n) is 13.1. The number of hydrogen-bond donors (Lipinski definition) is 0. The van der Waals surface area contributed by atoms with Gasteiger partial charge in [0, 0.05) is 42.0 Å². The van der Waals surface area contributed by atoms with Crippen molar-refractivity contribution in [3.8, 4) is 0 Å². The molecular weight excluding hydrogens is 264 g/mol. The van der Waals surface area contributed by atoms with Crippen LogP contribution in [0.3, 0.4) is 0 Å². The van der Waals surface area contributed by atoms with Crippen molar-refractivity contribution in [2.75, 3.05) is 26.7 Å². The Morgan fingerprint density at radius 3 is 2.75 bits per heavy atom. The van der Waals surface area contributed by atoms with Gasteiger partial charge in [-0.25, -0.2) is 0 Å². The zero-order valence-corrected chi connectivity index (χ0v) is 14.0. The van der Waals surface area contributed by atoms with E-state index in [0.29, 0.717) is 0 Å². The highest BCUT2D eigenvalue weighted by molar-refractivity contribution is 7.11. The first kappa shape index (κ1) is 14.6. The van der Waals surface area contributed by atoms with Crippen molar-refractivity contribution in [2.24, 2.45) is 11.8 Å². The quantitative estimate of drug-likeness (QED) is 0.838. The molecule has 4 rings (SSSR count). The molecule has 2 atom stereocenters. The lowest BCUT2D eigenvalue weighted by Gasteiger charge is -2.35. The molecule has 3 fully saturated rings. The summed E-state index contributed by atoms with van der Waals surface area (Å²) in [6.45, 7) is 9.67. The second-order valence-corrected chi connectivity index (χ2v) is 8.47. The molecule has 3 aliphatic heterocycles. The van der Waals surface area contributed by atoms with Gasteiger partial charge in [-0.2, -0.15) is 0 Å². The van der Waals surface area contributed by atoms with Crippen molar-refractivity contribution in [3.05, 3.63) is 21.9 Å². The third-order valence-electron chi connectivity index (χ3n) is 4.70. The molecule has 0 saturated carbocycles. The zero-order chi connectivity index (χ0) is 14.1. The van der Waals surface area contributed by atoms with E-state index in [0.717, 1.165) is 17.9 Å². The average Bonchev–Trinajstić information content (AvgIpc) is 2.63. The van der Waals surface area contributed by atoms with Gasteiger partial charge < -0.3 is 4.90 Å². The van der Waals surface area contributed by atoms with Crippen LogP contribution in [0.1, 0.15) is 36.4 Å². The summed E-state index contributed by atoms with van der Waals surface area (Å²) in [5.74, 6) is 1.66.